The Morgan fingerprint density at radius 2 is 1.65 bits per heavy atom. The first kappa shape index (κ1) is 14.8. The summed E-state index contributed by atoms with van der Waals surface area (Å²) in [4.78, 5) is 2.44. The lowest BCUT2D eigenvalue weighted by atomic mass is 10.0. The van der Waals surface area contributed by atoms with Crippen LogP contribution in [0.4, 0.5) is 0 Å². The zero-order valence-corrected chi connectivity index (χ0v) is 12.4. The number of benzene rings is 2. The van der Waals surface area contributed by atoms with Crippen LogP contribution in [0.15, 0.2) is 54.6 Å². The molecule has 0 aromatic heterocycles. The summed E-state index contributed by atoms with van der Waals surface area (Å²) in [5.74, 6) is 0. The topological polar surface area (TPSA) is 29.3 Å². The second-order valence-electron chi connectivity index (χ2n) is 5.15. The molecule has 20 heavy (non-hydrogen) atoms. The van der Waals surface area contributed by atoms with Crippen LogP contribution in [-0.4, -0.2) is 18.0 Å². The van der Waals surface area contributed by atoms with Crippen molar-refractivity contribution in [3.05, 3.63) is 71.3 Å². The van der Waals surface area contributed by atoms with Crippen LogP contribution in [0, 0.1) is 6.92 Å². The van der Waals surface area contributed by atoms with Gasteiger partial charge >= 0.3 is 0 Å². The molecule has 2 rings (SSSR count). The highest BCUT2D eigenvalue weighted by Crippen LogP contribution is 2.22. The van der Waals surface area contributed by atoms with Gasteiger partial charge in [-0.05, 0) is 30.2 Å². The molecule has 1 unspecified atom stereocenters. The van der Waals surface area contributed by atoms with Gasteiger partial charge in [-0.25, -0.2) is 0 Å². The average molecular weight is 268 g/mol. The highest BCUT2D eigenvalue weighted by Gasteiger charge is 2.18. The molecule has 0 heterocycles. The largest absolute Gasteiger partial charge is 0.329 e. The minimum atomic E-state index is 0.279. The number of hydrogen-bond acceptors (Lipinski definition) is 2. The fourth-order valence-electron chi connectivity index (χ4n) is 2.62. The molecule has 1 atom stereocenters. The lowest BCUT2D eigenvalue weighted by Crippen LogP contribution is -2.33. The van der Waals surface area contributed by atoms with Gasteiger partial charge in [-0.2, -0.15) is 0 Å². The van der Waals surface area contributed by atoms with Crippen molar-refractivity contribution < 1.29 is 0 Å². The number of nitrogens with zero attached hydrogens (tertiary/aromatic N) is 1. The summed E-state index contributed by atoms with van der Waals surface area (Å²) in [6.45, 7) is 6.95. The summed E-state index contributed by atoms with van der Waals surface area (Å²) in [5, 5.41) is 0. The summed E-state index contributed by atoms with van der Waals surface area (Å²) in [5.41, 5.74) is 10.0. The van der Waals surface area contributed by atoms with E-state index in [1.54, 1.807) is 0 Å². The Morgan fingerprint density at radius 3 is 2.25 bits per heavy atom. The molecule has 0 amide bonds. The van der Waals surface area contributed by atoms with Crippen molar-refractivity contribution in [1.29, 1.82) is 0 Å². The normalized spacial score (nSPS) is 12.6. The van der Waals surface area contributed by atoms with E-state index in [1.165, 1.54) is 16.7 Å². The molecule has 2 aromatic rings. The molecule has 2 N–H and O–H groups in total. The van der Waals surface area contributed by atoms with Gasteiger partial charge in [-0.3, -0.25) is 4.90 Å². The fourth-order valence-corrected chi connectivity index (χ4v) is 2.62. The lowest BCUT2D eigenvalue weighted by Gasteiger charge is -2.30. The van der Waals surface area contributed by atoms with E-state index in [0.29, 0.717) is 6.54 Å². The molecule has 0 aliphatic rings. The van der Waals surface area contributed by atoms with Crippen LogP contribution in [0.3, 0.4) is 0 Å². The van der Waals surface area contributed by atoms with E-state index in [1.807, 2.05) is 0 Å². The molecule has 2 aromatic carbocycles. The molecule has 0 aliphatic heterocycles. The Hall–Kier alpha value is -1.64. The molecule has 0 radical (unpaired) electrons. The molecule has 2 nitrogen and oxygen atoms in total. The van der Waals surface area contributed by atoms with Crippen LogP contribution in [0.5, 0.6) is 0 Å². The SMILES string of the molecule is CCN(Cc1ccccc1C)C(CN)c1ccccc1. The van der Waals surface area contributed by atoms with Crippen molar-refractivity contribution in [3.63, 3.8) is 0 Å². The Bertz CT molecular complexity index is 522. The smallest absolute Gasteiger partial charge is 0.0473 e. The number of aryl methyl sites for hydroxylation is 1. The van der Waals surface area contributed by atoms with Crippen LogP contribution >= 0.6 is 0 Å². The standard InChI is InChI=1S/C18H24N2/c1-3-20(14-17-12-8-7-9-15(17)2)18(13-19)16-10-5-4-6-11-16/h4-12,18H,3,13-14,19H2,1-2H3. The zero-order chi connectivity index (χ0) is 14.4. The van der Waals surface area contributed by atoms with Crippen molar-refractivity contribution >= 4 is 0 Å². The third-order valence-corrected chi connectivity index (χ3v) is 3.89. The van der Waals surface area contributed by atoms with Gasteiger partial charge in [-0.15, -0.1) is 0 Å². The maximum Gasteiger partial charge on any atom is 0.0473 e. The minimum absolute atomic E-state index is 0.279. The van der Waals surface area contributed by atoms with Gasteiger partial charge in [0, 0.05) is 19.1 Å². The quantitative estimate of drug-likeness (QED) is 0.868. The van der Waals surface area contributed by atoms with Crippen molar-refractivity contribution in [1.82, 2.24) is 4.90 Å². The second-order valence-corrected chi connectivity index (χ2v) is 5.15. The first-order chi connectivity index (χ1) is 9.76. The maximum absolute atomic E-state index is 6.03. The Labute approximate surface area is 122 Å². The highest BCUT2D eigenvalue weighted by molar-refractivity contribution is 5.26. The summed E-state index contributed by atoms with van der Waals surface area (Å²) in [7, 11) is 0. The van der Waals surface area contributed by atoms with Crippen LogP contribution < -0.4 is 5.73 Å². The highest BCUT2D eigenvalue weighted by atomic mass is 15.2. The van der Waals surface area contributed by atoms with E-state index < -0.39 is 0 Å². The predicted molar refractivity (Wildman–Crippen MR) is 85.5 cm³/mol. The second kappa shape index (κ2) is 7.22. The van der Waals surface area contributed by atoms with E-state index in [-0.39, 0.29) is 6.04 Å². The molecule has 0 saturated heterocycles. The third-order valence-electron chi connectivity index (χ3n) is 3.89. The number of rotatable bonds is 6. The molecule has 0 spiro atoms. The molecule has 0 aliphatic carbocycles. The number of likely N-dealkylation sites (N-methyl/N-ethyl adjacent to an activating group) is 1. The third kappa shape index (κ3) is 3.47. The minimum Gasteiger partial charge on any atom is -0.329 e. The Morgan fingerprint density at radius 1 is 1.00 bits per heavy atom. The van der Waals surface area contributed by atoms with E-state index in [4.69, 9.17) is 5.73 Å². The van der Waals surface area contributed by atoms with Crippen molar-refractivity contribution in [2.75, 3.05) is 13.1 Å². The molecule has 0 saturated carbocycles. The molecule has 0 fully saturated rings. The molecule has 2 heteroatoms. The monoisotopic (exact) mass is 268 g/mol. The van der Waals surface area contributed by atoms with Crippen molar-refractivity contribution in [2.24, 2.45) is 5.73 Å². The van der Waals surface area contributed by atoms with Crippen molar-refractivity contribution in [2.45, 2.75) is 26.4 Å². The van der Waals surface area contributed by atoms with Crippen LogP contribution in [0.1, 0.15) is 29.7 Å². The Kier molecular flexibility index (Phi) is 5.33. The van der Waals surface area contributed by atoms with Gasteiger partial charge in [0.15, 0.2) is 0 Å². The van der Waals surface area contributed by atoms with Gasteiger partial charge in [-0.1, -0.05) is 61.5 Å². The summed E-state index contributed by atoms with van der Waals surface area (Å²) in [6, 6.07) is 19.4. The first-order valence-electron chi connectivity index (χ1n) is 7.29. The molecular weight excluding hydrogens is 244 g/mol. The average Bonchev–Trinajstić information content (AvgIpc) is 2.50. The van der Waals surface area contributed by atoms with Gasteiger partial charge < -0.3 is 5.73 Å². The predicted octanol–water partition coefficient (Wildman–Crippen LogP) is 3.52. The lowest BCUT2D eigenvalue weighted by molar-refractivity contribution is 0.203. The van der Waals surface area contributed by atoms with Gasteiger partial charge in [0.1, 0.15) is 0 Å². The summed E-state index contributed by atoms with van der Waals surface area (Å²) >= 11 is 0. The summed E-state index contributed by atoms with van der Waals surface area (Å²) in [6.07, 6.45) is 0. The molecular formula is C18H24N2. The van der Waals surface area contributed by atoms with E-state index in [9.17, 15) is 0 Å². The van der Waals surface area contributed by atoms with Gasteiger partial charge in [0.2, 0.25) is 0 Å². The number of hydrogen-bond donors (Lipinski definition) is 1. The fraction of sp³-hybridized carbons (Fsp3) is 0.333. The maximum atomic E-state index is 6.03. The van der Waals surface area contributed by atoms with Crippen LogP contribution in [0.25, 0.3) is 0 Å². The van der Waals surface area contributed by atoms with Crippen LogP contribution in [-0.2, 0) is 6.54 Å². The van der Waals surface area contributed by atoms with E-state index in [0.717, 1.165) is 13.1 Å². The molecule has 106 valence electrons. The van der Waals surface area contributed by atoms with Gasteiger partial charge in [0.05, 0.1) is 0 Å². The number of nitrogens with two attached hydrogens (primary N) is 1. The van der Waals surface area contributed by atoms with E-state index in [2.05, 4.69) is 73.3 Å². The molecule has 0 bridgehead atoms. The van der Waals surface area contributed by atoms with Crippen molar-refractivity contribution in [3.8, 4) is 0 Å². The summed E-state index contributed by atoms with van der Waals surface area (Å²) < 4.78 is 0. The zero-order valence-electron chi connectivity index (χ0n) is 12.4. The Balaban J connectivity index is 2.20. The first-order valence-corrected chi connectivity index (χ1v) is 7.29. The van der Waals surface area contributed by atoms with Gasteiger partial charge in [0.25, 0.3) is 0 Å². The van der Waals surface area contributed by atoms with Crippen LogP contribution in [0.2, 0.25) is 0 Å². The van der Waals surface area contributed by atoms with E-state index >= 15 is 0 Å².